The molecule has 0 spiro atoms. The summed E-state index contributed by atoms with van der Waals surface area (Å²) in [5.41, 5.74) is 7.15. The van der Waals surface area contributed by atoms with Crippen LogP contribution in [0.15, 0.2) is 54.7 Å². The van der Waals surface area contributed by atoms with E-state index in [1.54, 1.807) is 24.4 Å². The fourth-order valence-electron chi connectivity index (χ4n) is 2.17. The van der Waals surface area contributed by atoms with Crippen LogP contribution in [0.3, 0.4) is 0 Å². The molecule has 4 nitrogen and oxygen atoms in total. The average molecular weight is 281 g/mol. The monoisotopic (exact) mass is 281 g/mol. The average Bonchev–Trinajstić information content (AvgIpc) is 2.45. The van der Waals surface area contributed by atoms with Gasteiger partial charge in [-0.2, -0.15) is 0 Å². The minimum absolute atomic E-state index is 0.251. The van der Waals surface area contributed by atoms with Crippen molar-refractivity contribution in [1.29, 1.82) is 0 Å². The van der Waals surface area contributed by atoms with Gasteiger partial charge in [0.25, 0.3) is 5.91 Å². The Balaban J connectivity index is 1.97. The SMILES string of the molecule is Nc1cc(F)cc(NC(=O)c2cccc3cccnc23)c1. The lowest BCUT2D eigenvalue weighted by Crippen LogP contribution is -2.13. The van der Waals surface area contributed by atoms with Gasteiger partial charge in [-0.3, -0.25) is 9.78 Å². The predicted octanol–water partition coefficient (Wildman–Crippen LogP) is 3.21. The number of nitrogens with one attached hydrogen (secondary N) is 1. The van der Waals surface area contributed by atoms with Gasteiger partial charge in [-0.1, -0.05) is 18.2 Å². The lowest BCUT2D eigenvalue weighted by Gasteiger charge is -2.08. The number of anilines is 2. The van der Waals surface area contributed by atoms with E-state index in [1.807, 2.05) is 12.1 Å². The number of rotatable bonds is 2. The zero-order valence-corrected chi connectivity index (χ0v) is 11.0. The minimum atomic E-state index is -0.499. The molecular formula is C16H12FN3O. The number of aromatic nitrogens is 1. The zero-order chi connectivity index (χ0) is 14.8. The third-order valence-corrected chi connectivity index (χ3v) is 3.06. The number of nitrogens with zero attached hydrogens (tertiary/aromatic N) is 1. The van der Waals surface area contributed by atoms with E-state index in [2.05, 4.69) is 10.3 Å². The second kappa shape index (κ2) is 5.20. The number of hydrogen-bond donors (Lipinski definition) is 2. The third kappa shape index (κ3) is 2.67. The Kier molecular flexibility index (Phi) is 3.23. The van der Waals surface area contributed by atoms with Gasteiger partial charge >= 0.3 is 0 Å². The van der Waals surface area contributed by atoms with Crippen LogP contribution in [0.4, 0.5) is 15.8 Å². The van der Waals surface area contributed by atoms with Crippen molar-refractivity contribution in [2.75, 3.05) is 11.1 Å². The molecule has 0 atom stereocenters. The fourth-order valence-corrected chi connectivity index (χ4v) is 2.17. The highest BCUT2D eigenvalue weighted by molar-refractivity contribution is 6.11. The van der Waals surface area contributed by atoms with E-state index in [4.69, 9.17) is 5.73 Å². The first-order chi connectivity index (χ1) is 10.1. The smallest absolute Gasteiger partial charge is 0.257 e. The van der Waals surface area contributed by atoms with E-state index in [0.717, 1.165) is 5.39 Å². The molecule has 3 aromatic rings. The van der Waals surface area contributed by atoms with Gasteiger partial charge < -0.3 is 11.1 Å². The lowest BCUT2D eigenvalue weighted by atomic mass is 10.1. The molecule has 0 fully saturated rings. The Morgan fingerprint density at radius 3 is 2.76 bits per heavy atom. The van der Waals surface area contributed by atoms with E-state index < -0.39 is 5.82 Å². The highest BCUT2D eigenvalue weighted by Crippen LogP contribution is 2.19. The van der Waals surface area contributed by atoms with Crippen LogP contribution in [-0.2, 0) is 0 Å². The highest BCUT2D eigenvalue weighted by atomic mass is 19.1. The molecule has 0 aliphatic carbocycles. The second-order valence-corrected chi connectivity index (χ2v) is 4.61. The molecule has 104 valence electrons. The Labute approximate surface area is 120 Å². The fraction of sp³-hybridized carbons (Fsp3) is 0. The number of benzene rings is 2. The Morgan fingerprint density at radius 1 is 1.14 bits per heavy atom. The standard InChI is InChI=1S/C16H12FN3O/c17-11-7-12(18)9-13(8-11)20-16(21)14-5-1-3-10-4-2-6-19-15(10)14/h1-9H,18H2,(H,20,21). The van der Waals surface area contributed by atoms with E-state index in [1.165, 1.54) is 18.2 Å². The van der Waals surface area contributed by atoms with E-state index >= 15 is 0 Å². The number of para-hydroxylation sites is 1. The summed E-state index contributed by atoms with van der Waals surface area (Å²) in [5.74, 6) is -0.856. The number of amides is 1. The van der Waals surface area contributed by atoms with Crippen molar-refractivity contribution in [3.63, 3.8) is 0 Å². The summed E-state index contributed by atoms with van der Waals surface area (Å²) in [6.07, 6.45) is 1.62. The first kappa shape index (κ1) is 13.1. The molecule has 0 saturated carbocycles. The lowest BCUT2D eigenvalue weighted by molar-refractivity contribution is 0.102. The van der Waals surface area contributed by atoms with Crippen LogP contribution in [0.2, 0.25) is 0 Å². The molecule has 1 aromatic heterocycles. The Morgan fingerprint density at radius 2 is 1.95 bits per heavy atom. The summed E-state index contributed by atoms with van der Waals surface area (Å²) in [4.78, 5) is 16.6. The van der Waals surface area contributed by atoms with Gasteiger partial charge in [0.2, 0.25) is 0 Å². The Hall–Kier alpha value is -2.95. The molecule has 0 unspecified atom stereocenters. The molecule has 3 N–H and O–H groups in total. The number of carbonyl (C=O) groups is 1. The normalized spacial score (nSPS) is 10.5. The maximum absolute atomic E-state index is 13.3. The van der Waals surface area contributed by atoms with Crippen molar-refractivity contribution < 1.29 is 9.18 Å². The van der Waals surface area contributed by atoms with Crippen LogP contribution in [0.25, 0.3) is 10.9 Å². The van der Waals surface area contributed by atoms with Crippen molar-refractivity contribution >= 4 is 28.2 Å². The first-order valence-corrected chi connectivity index (χ1v) is 6.34. The number of halogens is 1. The molecule has 3 rings (SSSR count). The van der Waals surface area contributed by atoms with Crippen LogP contribution < -0.4 is 11.1 Å². The van der Waals surface area contributed by atoms with Gasteiger partial charge in [-0.05, 0) is 30.3 Å². The number of nitrogen functional groups attached to an aromatic ring is 1. The maximum atomic E-state index is 13.3. The topological polar surface area (TPSA) is 68.0 Å². The van der Waals surface area contributed by atoms with Gasteiger partial charge in [-0.15, -0.1) is 0 Å². The van der Waals surface area contributed by atoms with Crippen molar-refractivity contribution in [1.82, 2.24) is 4.98 Å². The van der Waals surface area contributed by atoms with Crippen LogP contribution in [0.5, 0.6) is 0 Å². The molecule has 5 heteroatoms. The van der Waals surface area contributed by atoms with Gasteiger partial charge in [0, 0.05) is 23.0 Å². The third-order valence-electron chi connectivity index (χ3n) is 3.06. The summed E-state index contributed by atoms with van der Waals surface area (Å²) < 4.78 is 13.3. The summed E-state index contributed by atoms with van der Waals surface area (Å²) in [5, 5.41) is 3.50. The van der Waals surface area contributed by atoms with E-state index in [0.29, 0.717) is 16.8 Å². The van der Waals surface area contributed by atoms with Gasteiger partial charge in [0.15, 0.2) is 0 Å². The van der Waals surface area contributed by atoms with Crippen LogP contribution in [0, 0.1) is 5.82 Å². The number of hydrogen-bond acceptors (Lipinski definition) is 3. The largest absolute Gasteiger partial charge is 0.399 e. The summed E-state index contributed by atoms with van der Waals surface area (Å²) in [7, 11) is 0. The quantitative estimate of drug-likeness (QED) is 0.709. The molecule has 0 bridgehead atoms. The van der Waals surface area contributed by atoms with Crippen molar-refractivity contribution in [3.05, 3.63) is 66.1 Å². The van der Waals surface area contributed by atoms with E-state index in [9.17, 15) is 9.18 Å². The highest BCUT2D eigenvalue weighted by Gasteiger charge is 2.11. The number of carbonyl (C=O) groups excluding carboxylic acids is 1. The minimum Gasteiger partial charge on any atom is -0.399 e. The summed E-state index contributed by atoms with van der Waals surface area (Å²) in [6.45, 7) is 0. The van der Waals surface area contributed by atoms with Crippen molar-refractivity contribution in [3.8, 4) is 0 Å². The maximum Gasteiger partial charge on any atom is 0.257 e. The zero-order valence-electron chi connectivity index (χ0n) is 11.0. The molecule has 0 aliphatic heterocycles. The molecule has 21 heavy (non-hydrogen) atoms. The van der Waals surface area contributed by atoms with Gasteiger partial charge in [0.1, 0.15) is 5.82 Å². The molecule has 1 heterocycles. The number of pyridine rings is 1. The van der Waals surface area contributed by atoms with E-state index in [-0.39, 0.29) is 11.6 Å². The first-order valence-electron chi connectivity index (χ1n) is 6.34. The molecule has 2 aromatic carbocycles. The molecule has 0 saturated heterocycles. The summed E-state index contributed by atoms with van der Waals surface area (Å²) >= 11 is 0. The molecular weight excluding hydrogens is 269 g/mol. The number of fused-ring (bicyclic) bond motifs is 1. The van der Waals surface area contributed by atoms with Gasteiger partial charge in [0.05, 0.1) is 11.1 Å². The van der Waals surface area contributed by atoms with Crippen molar-refractivity contribution in [2.45, 2.75) is 0 Å². The van der Waals surface area contributed by atoms with Crippen LogP contribution in [-0.4, -0.2) is 10.9 Å². The van der Waals surface area contributed by atoms with Crippen LogP contribution >= 0.6 is 0 Å². The molecule has 0 radical (unpaired) electrons. The second-order valence-electron chi connectivity index (χ2n) is 4.61. The Bertz CT molecular complexity index is 807. The van der Waals surface area contributed by atoms with Crippen LogP contribution in [0.1, 0.15) is 10.4 Å². The molecule has 0 aliphatic rings. The summed E-state index contributed by atoms with van der Waals surface area (Å²) in [6, 6.07) is 12.9. The number of nitrogens with two attached hydrogens (primary N) is 1. The van der Waals surface area contributed by atoms with Crippen molar-refractivity contribution in [2.24, 2.45) is 0 Å². The van der Waals surface area contributed by atoms with Gasteiger partial charge in [-0.25, -0.2) is 4.39 Å². The molecule has 1 amide bonds. The predicted molar refractivity (Wildman–Crippen MR) is 80.5 cm³/mol.